The number of aromatic nitrogens is 1. The lowest BCUT2D eigenvalue weighted by Gasteiger charge is -1.99. The quantitative estimate of drug-likeness (QED) is 0.599. The molecule has 1 rings (SSSR count). The van der Waals surface area contributed by atoms with E-state index in [9.17, 15) is 0 Å². The Morgan fingerprint density at radius 3 is 2.50 bits per heavy atom. The van der Waals surface area contributed by atoms with Crippen molar-refractivity contribution < 1.29 is 0 Å². The average Bonchev–Trinajstić information content (AvgIpc) is 1.88. The average molecular weight is 176 g/mol. The van der Waals surface area contributed by atoms with Gasteiger partial charge in [0.25, 0.3) is 0 Å². The Bertz CT molecular complexity index is 223. The van der Waals surface area contributed by atoms with Crippen molar-refractivity contribution in [1.82, 2.24) is 4.98 Å². The maximum Gasteiger partial charge on any atom is 0.134 e. The second-order valence-electron chi connectivity index (χ2n) is 2.10. The van der Waals surface area contributed by atoms with Gasteiger partial charge >= 0.3 is 0 Å². The van der Waals surface area contributed by atoms with E-state index in [0.29, 0.717) is 0 Å². The van der Waals surface area contributed by atoms with E-state index in [0.717, 1.165) is 11.1 Å². The number of nitrogens with zero attached hydrogens (tertiary/aromatic N) is 1. The molecule has 0 aliphatic rings. The number of hydrogen-bond acceptors (Lipinski definition) is 1. The first-order valence-electron chi connectivity index (χ1n) is 2.90. The summed E-state index contributed by atoms with van der Waals surface area (Å²) in [6.45, 7) is 1.95. The largest absolute Gasteiger partial charge is 0.264 e. The maximum atomic E-state index is 5.60. The summed E-state index contributed by atoms with van der Waals surface area (Å²) in [5.41, 5.74) is 1.92. The Labute approximate surface area is 70.0 Å². The van der Waals surface area contributed by atoms with Crippen molar-refractivity contribution in [3.05, 3.63) is 29.6 Å². The van der Waals surface area contributed by atoms with Gasteiger partial charge in [0, 0.05) is 18.0 Å². The summed E-state index contributed by atoms with van der Waals surface area (Å²) in [6.07, 6.45) is 3.43. The molecular formula is C7H7Cl2N. The molecule has 1 nitrogen and oxygen atoms in total. The van der Waals surface area contributed by atoms with E-state index in [-0.39, 0.29) is 0 Å². The molecule has 1 aromatic rings. The summed E-state index contributed by atoms with van der Waals surface area (Å²) >= 11 is 11.2. The minimum Gasteiger partial charge on any atom is -0.264 e. The molecule has 0 aliphatic heterocycles. The van der Waals surface area contributed by atoms with Crippen molar-refractivity contribution in [3.8, 4) is 0 Å². The van der Waals surface area contributed by atoms with Crippen molar-refractivity contribution in [3.63, 3.8) is 0 Å². The van der Waals surface area contributed by atoms with Crippen LogP contribution in [0.1, 0.15) is 16.0 Å². The van der Waals surface area contributed by atoms with Crippen molar-refractivity contribution >= 4 is 23.2 Å². The standard InChI is InChI=1S/C7H7Cl2N/c1-5-2-6(7(8)9)4-10-3-5/h2-4,7H,1H3. The summed E-state index contributed by atoms with van der Waals surface area (Å²) in [6, 6.07) is 1.91. The lowest BCUT2D eigenvalue weighted by molar-refractivity contribution is 1.19. The monoisotopic (exact) mass is 175 g/mol. The molecule has 0 saturated carbocycles. The Morgan fingerprint density at radius 1 is 1.40 bits per heavy atom. The highest BCUT2D eigenvalue weighted by molar-refractivity contribution is 6.44. The Hall–Kier alpha value is -0.270. The molecule has 0 N–H and O–H groups in total. The smallest absolute Gasteiger partial charge is 0.134 e. The maximum absolute atomic E-state index is 5.60. The molecule has 0 atom stereocenters. The molecule has 10 heavy (non-hydrogen) atoms. The van der Waals surface area contributed by atoms with Gasteiger partial charge in [-0.15, -0.1) is 23.2 Å². The molecule has 0 aliphatic carbocycles. The van der Waals surface area contributed by atoms with E-state index in [1.807, 2.05) is 13.0 Å². The van der Waals surface area contributed by atoms with Gasteiger partial charge in [-0.3, -0.25) is 4.98 Å². The van der Waals surface area contributed by atoms with Gasteiger partial charge < -0.3 is 0 Å². The molecule has 0 bridgehead atoms. The van der Waals surface area contributed by atoms with Crippen LogP contribution >= 0.6 is 23.2 Å². The summed E-state index contributed by atoms with van der Waals surface area (Å²) in [7, 11) is 0. The van der Waals surface area contributed by atoms with Gasteiger partial charge in [0.2, 0.25) is 0 Å². The highest BCUT2D eigenvalue weighted by Gasteiger charge is 2.01. The molecule has 1 aromatic heterocycles. The molecular weight excluding hydrogens is 169 g/mol. The number of pyridine rings is 1. The first-order valence-corrected chi connectivity index (χ1v) is 3.77. The third-order valence-electron chi connectivity index (χ3n) is 1.15. The fourth-order valence-corrected chi connectivity index (χ4v) is 0.936. The number of halogens is 2. The zero-order chi connectivity index (χ0) is 7.56. The third-order valence-corrected chi connectivity index (χ3v) is 1.65. The zero-order valence-electron chi connectivity index (χ0n) is 5.51. The summed E-state index contributed by atoms with van der Waals surface area (Å²) < 4.78 is 0. The normalized spacial score (nSPS) is 10.4. The van der Waals surface area contributed by atoms with Crippen LogP contribution in [0.25, 0.3) is 0 Å². The first-order chi connectivity index (χ1) is 4.70. The van der Waals surface area contributed by atoms with Crippen LogP contribution in [0.15, 0.2) is 18.5 Å². The molecule has 0 fully saturated rings. The van der Waals surface area contributed by atoms with Gasteiger partial charge in [0.1, 0.15) is 4.84 Å². The zero-order valence-corrected chi connectivity index (χ0v) is 7.02. The van der Waals surface area contributed by atoms with Crippen LogP contribution in [-0.2, 0) is 0 Å². The fourth-order valence-electron chi connectivity index (χ4n) is 0.698. The third kappa shape index (κ3) is 1.86. The predicted octanol–water partition coefficient (Wildman–Crippen LogP) is 2.87. The SMILES string of the molecule is Cc1cncc(C(Cl)Cl)c1. The minimum absolute atomic E-state index is 0.465. The van der Waals surface area contributed by atoms with Gasteiger partial charge in [0.15, 0.2) is 0 Å². The van der Waals surface area contributed by atoms with Gasteiger partial charge in [-0.05, 0) is 12.5 Å². The highest BCUT2D eigenvalue weighted by Crippen LogP contribution is 2.23. The van der Waals surface area contributed by atoms with Crippen LogP contribution in [0.5, 0.6) is 0 Å². The summed E-state index contributed by atoms with van der Waals surface area (Å²) in [5, 5.41) is 0. The van der Waals surface area contributed by atoms with Crippen LogP contribution < -0.4 is 0 Å². The van der Waals surface area contributed by atoms with E-state index >= 15 is 0 Å². The Kier molecular flexibility index (Phi) is 2.52. The van der Waals surface area contributed by atoms with Crippen LogP contribution in [0.2, 0.25) is 0 Å². The predicted molar refractivity (Wildman–Crippen MR) is 43.4 cm³/mol. The molecule has 0 aromatic carbocycles. The van der Waals surface area contributed by atoms with E-state index in [2.05, 4.69) is 4.98 Å². The van der Waals surface area contributed by atoms with Gasteiger partial charge in [0.05, 0.1) is 0 Å². The van der Waals surface area contributed by atoms with Crippen molar-refractivity contribution in [1.29, 1.82) is 0 Å². The van der Waals surface area contributed by atoms with E-state index in [1.165, 1.54) is 0 Å². The van der Waals surface area contributed by atoms with Gasteiger partial charge in [-0.2, -0.15) is 0 Å². The number of alkyl halides is 2. The molecule has 3 heteroatoms. The number of rotatable bonds is 1. The van der Waals surface area contributed by atoms with Crippen molar-refractivity contribution in [2.75, 3.05) is 0 Å². The Morgan fingerprint density at radius 2 is 2.10 bits per heavy atom. The molecule has 1 heterocycles. The van der Waals surface area contributed by atoms with Crippen LogP contribution in [-0.4, -0.2) is 4.98 Å². The molecule has 0 spiro atoms. The van der Waals surface area contributed by atoms with E-state index in [4.69, 9.17) is 23.2 Å². The first kappa shape index (κ1) is 7.83. The molecule has 0 saturated heterocycles. The number of hydrogen-bond donors (Lipinski definition) is 0. The molecule has 0 radical (unpaired) electrons. The molecule has 0 unspecified atom stereocenters. The second-order valence-corrected chi connectivity index (χ2v) is 3.19. The van der Waals surface area contributed by atoms with Crippen molar-refractivity contribution in [2.24, 2.45) is 0 Å². The Balaban J connectivity index is 2.96. The van der Waals surface area contributed by atoms with Crippen LogP contribution in [0.3, 0.4) is 0 Å². The van der Waals surface area contributed by atoms with Crippen molar-refractivity contribution in [2.45, 2.75) is 11.8 Å². The van der Waals surface area contributed by atoms with E-state index in [1.54, 1.807) is 12.4 Å². The topological polar surface area (TPSA) is 12.9 Å². The highest BCUT2D eigenvalue weighted by atomic mass is 35.5. The minimum atomic E-state index is -0.465. The summed E-state index contributed by atoms with van der Waals surface area (Å²) in [4.78, 5) is 3.47. The van der Waals surface area contributed by atoms with Gasteiger partial charge in [-0.25, -0.2) is 0 Å². The van der Waals surface area contributed by atoms with E-state index < -0.39 is 4.84 Å². The van der Waals surface area contributed by atoms with Gasteiger partial charge in [-0.1, -0.05) is 6.07 Å². The molecule has 54 valence electrons. The lowest BCUT2D eigenvalue weighted by Crippen LogP contribution is -1.84. The molecule has 0 amide bonds. The summed E-state index contributed by atoms with van der Waals surface area (Å²) in [5.74, 6) is 0. The van der Waals surface area contributed by atoms with Crippen LogP contribution in [0.4, 0.5) is 0 Å². The fraction of sp³-hybridized carbons (Fsp3) is 0.286. The lowest BCUT2D eigenvalue weighted by atomic mass is 10.2. The second kappa shape index (κ2) is 3.22. The number of aryl methyl sites for hydroxylation is 1. The van der Waals surface area contributed by atoms with Crippen LogP contribution in [0, 0.1) is 6.92 Å².